The summed E-state index contributed by atoms with van der Waals surface area (Å²) in [4.78, 5) is 50.1. The molecular weight excluding hydrogens is 739 g/mol. The van der Waals surface area contributed by atoms with Crippen molar-refractivity contribution in [1.82, 2.24) is 20.9 Å². The number of aromatic hydroxyl groups is 2. The summed E-state index contributed by atoms with van der Waals surface area (Å²) in [6, 6.07) is 9.60. The highest BCUT2D eigenvalue weighted by molar-refractivity contribution is 6.15. The number of ketones is 1. The van der Waals surface area contributed by atoms with Gasteiger partial charge in [0.1, 0.15) is 0 Å². The van der Waals surface area contributed by atoms with Crippen molar-refractivity contribution in [2.24, 2.45) is 5.73 Å². The quantitative estimate of drug-likeness (QED) is 0.0706. The number of Topliss-reactive ketones (excluding diaryl/α,β-unsaturated/α-hetero) is 1. The van der Waals surface area contributed by atoms with Crippen LogP contribution in [0, 0.1) is 0 Å². The number of benzene rings is 2. The van der Waals surface area contributed by atoms with Crippen LogP contribution < -0.4 is 31.2 Å². The number of carbonyl (C=O) groups is 4. The lowest BCUT2D eigenvalue weighted by molar-refractivity contribution is -0.192. The van der Waals surface area contributed by atoms with Gasteiger partial charge in [0.25, 0.3) is 0 Å². The molecule has 1 aliphatic heterocycles. The highest BCUT2D eigenvalue weighted by atomic mass is 19.4. The van der Waals surface area contributed by atoms with Crippen LogP contribution in [-0.4, -0.2) is 116 Å². The summed E-state index contributed by atoms with van der Waals surface area (Å²) >= 11 is 0. The topological polar surface area (TPSA) is 213 Å². The predicted octanol–water partition coefficient (Wildman–Crippen LogP) is 4.00. The fourth-order valence-electron chi connectivity index (χ4n) is 5.29. The number of aliphatic carboxylic acids is 1. The van der Waals surface area contributed by atoms with Crippen LogP contribution in [0.5, 0.6) is 23.0 Å². The van der Waals surface area contributed by atoms with Crippen molar-refractivity contribution in [3.63, 3.8) is 0 Å². The number of carboxylic acids is 1. The van der Waals surface area contributed by atoms with E-state index in [-0.39, 0.29) is 55.0 Å². The van der Waals surface area contributed by atoms with Crippen molar-refractivity contribution < 1.29 is 57.1 Å². The first-order valence-electron chi connectivity index (χ1n) is 18.5. The zero-order chi connectivity index (χ0) is 41.5. The molecule has 0 spiro atoms. The molecule has 0 aliphatic carbocycles. The Morgan fingerprint density at radius 2 is 1.25 bits per heavy atom. The lowest BCUT2D eigenvalue weighted by atomic mass is 9.93. The van der Waals surface area contributed by atoms with Crippen LogP contribution in [-0.2, 0) is 19.2 Å². The molecule has 0 aromatic heterocycles. The summed E-state index contributed by atoms with van der Waals surface area (Å²) in [6.45, 7) is 9.35. The molecule has 8 N–H and O–H groups in total. The monoisotopic (exact) mass is 793 g/mol. The molecule has 2 amide bonds. The lowest BCUT2D eigenvalue weighted by Gasteiger charge is -2.30. The molecule has 0 radical (unpaired) electrons. The zero-order valence-corrected chi connectivity index (χ0v) is 31.9. The van der Waals surface area contributed by atoms with Gasteiger partial charge in [-0.1, -0.05) is 12.1 Å². The number of nitrogens with two attached hydrogens (primary N) is 1. The number of halogens is 3. The Hall–Kier alpha value is -5.13. The number of likely N-dealkylation sites (tertiary alicyclic amines) is 1. The van der Waals surface area contributed by atoms with Crippen LogP contribution in [0.1, 0.15) is 63.5 Å². The summed E-state index contributed by atoms with van der Waals surface area (Å²) in [6.07, 6.45) is 2.27. The Labute approximate surface area is 324 Å². The smallest absolute Gasteiger partial charge is 0.490 e. The minimum absolute atomic E-state index is 0.000452. The second-order valence-electron chi connectivity index (χ2n) is 12.6. The molecule has 1 heterocycles. The maximum atomic E-state index is 13.7. The highest BCUT2D eigenvalue weighted by Crippen LogP contribution is 2.31. The maximum Gasteiger partial charge on any atom is 0.490 e. The van der Waals surface area contributed by atoms with Crippen LogP contribution in [0.3, 0.4) is 0 Å². The summed E-state index contributed by atoms with van der Waals surface area (Å²) < 4.78 is 42.7. The number of phenols is 2. The van der Waals surface area contributed by atoms with E-state index in [0.717, 1.165) is 51.9 Å². The van der Waals surface area contributed by atoms with E-state index in [9.17, 15) is 37.8 Å². The second-order valence-corrected chi connectivity index (χ2v) is 12.6. The van der Waals surface area contributed by atoms with Gasteiger partial charge in [0.2, 0.25) is 11.8 Å². The van der Waals surface area contributed by atoms with Crippen LogP contribution in [0.15, 0.2) is 47.5 Å². The van der Waals surface area contributed by atoms with Gasteiger partial charge in [-0.3, -0.25) is 14.4 Å². The molecule has 56 heavy (non-hydrogen) atoms. The van der Waals surface area contributed by atoms with Crippen LogP contribution in [0.2, 0.25) is 0 Å². The fraction of sp³-hybridized carbons (Fsp3) is 0.487. The minimum atomic E-state index is -5.08. The van der Waals surface area contributed by atoms with Crippen molar-refractivity contribution >= 4 is 35.7 Å². The SMILES string of the molecule is CCOc1cc(/C=C2\CN(C(=O)CCC(=O)NCCCNCCCCNCCCN)C/C(=C\c3ccc(O)c(OCC)c3)C2=O)ccc1O.O=C(O)C(F)(F)F. The Kier molecular flexibility index (Phi) is 21.1. The van der Waals surface area contributed by atoms with Gasteiger partial charge in [0.15, 0.2) is 28.8 Å². The number of unbranched alkanes of at least 4 members (excludes halogenated alkanes) is 1. The number of amides is 2. The molecule has 2 aromatic carbocycles. The molecule has 0 unspecified atom stereocenters. The van der Waals surface area contributed by atoms with E-state index in [0.29, 0.717) is 60.1 Å². The van der Waals surface area contributed by atoms with Crippen molar-refractivity contribution in [2.45, 2.75) is 58.5 Å². The molecule has 17 heteroatoms. The number of rotatable bonds is 21. The van der Waals surface area contributed by atoms with Crippen molar-refractivity contribution in [2.75, 3.05) is 65.6 Å². The standard InChI is InChI=1S/C37H53N5O7.C2HF3O2/c1-3-48-33-23-27(9-11-31(33)43)21-29-25-42(26-30(37(29)47)22-28-10-12-32(44)34(24-28)49-4-2)36(46)14-13-35(45)41-20-8-19-40-17-6-5-16-39-18-7-15-38;3-2(4,5)1(6)7/h9-12,21-24,39-40,43-44H,3-8,13-20,25-26,38H2,1-2H3,(H,41,45);(H,6,7)/b29-21+,30-22+;. The lowest BCUT2D eigenvalue weighted by Crippen LogP contribution is -2.42. The number of phenolic OH excluding ortho intramolecular Hbond substituents is 2. The normalized spacial score (nSPS) is 14.3. The van der Waals surface area contributed by atoms with Crippen LogP contribution in [0.25, 0.3) is 12.2 Å². The summed E-state index contributed by atoms with van der Waals surface area (Å²) in [5.41, 5.74) is 7.50. The van der Waals surface area contributed by atoms with Crippen LogP contribution in [0.4, 0.5) is 13.2 Å². The fourth-order valence-corrected chi connectivity index (χ4v) is 5.29. The number of hydrogen-bond donors (Lipinski definition) is 7. The first-order valence-corrected chi connectivity index (χ1v) is 18.5. The van der Waals surface area contributed by atoms with E-state index in [1.807, 2.05) is 13.8 Å². The average molecular weight is 794 g/mol. The minimum Gasteiger partial charge on any atom is -0.504 e. The highest BCUT2D eigenvalue weighted by Gasteiger charge is 2.38. The van der Waals surface area contributed by atoms with Gasteiger partial charge >= 0.3 is 12.1 Å². The van der Waals surface area contributed by atoms with E-state index in [1.165, 1.54) is 12.1 Å². The van der Waals surface area contributed by atoms with E-state index >= 15 is 0 Å². The molecule has 310 valence electrons. The molecule has 14 nitrogen and oxygen atoms in total. The molecule has 2 aromatic rings. The number of ether oxygens (including phenoxy) is 2. The molecule has 3 rings (SSSR count). The van der Waals surface area contributed by atoms with Gasteiger partial charge < -0.3 is 51.4 Å². The first-order chi connectivity index (χ1) is 26.7. The number of nitrogens with zero attached hydrogens (tertiary/aromatic N) is 1. The number of hydrogen-bond acceptors (Lipinski definition) is 11. The number of piperidine rings is 1. The van der Waals surface area contributed by atoms with Crippen LogP contribution >= 0.6 is 0 Å². The van der Waals surface area contributed by atoms with Crippen molar-refractivity contribution in [3.05, 3.63) is 58.7 Å². The number of nitrogens with one attached hydrogen (secondary N) is 3. The maximum absolute atomic E-state index is 13.7. The second kappa shape index (κ2) is 25.1. The van der Waals surface area contributed by atoms with E-state index in [1.54, 1.807) is 41.3 Å². The van der Waals surface area contributed by atoms with E-state index in [2.05, 4.69) is 16.0 Å². The van der Waals surface area contributed by atoms with Gasteiger partial charge in [0.05, 0.1) is 13.2 Å². The first kappa shape index (κ1) is 47.0. The molecule has 0 bridgehead atoms. The van der Waals surface area contributed by atoms with Gasteiger partial charge in [-0.15, -0.1) is 0 Å². The Bertz CT molecular complexity index is 1570. The predicted molar refractivity (Wildman–Crippen MR) is 205 cm³/mol. The molecule has 1 aliphatic rings. The van der Waals surface area contributed by atoms with E-state index in [4.69, 9.17) is 25.1 Å². The summed E-state index contributed by atoms with van der Waals surface area (Å²) in [5.74, 6) is -2.88. The Morgan fingerprint density at radius 1 is 0.786 bits per heavy atom. The van der Waals surface area contributed by atoms with Crippen molar-refractivity contribution in [3.8, 4) is 23.0 Å². The third kappa shape index (κ3) is 17.6. The Morgan fingerprint density at radius 3 is 1.70 bits per heavy atom. The average Bonchev–Trinajstić information content (AvgIpc) is 3.15. The third-order valence-corrected chi connectivity index (χ3v) is 8.08. The van der Waals surface area contributed by atoms with Gasteiger partial charge in [0, 0.05) is 43.6 Å². The van der Waals surface area contributed by atoms with E-state index < -0.39 is 12.1 Å². The number of carboxylic acid groups (broad SMARTS) is 1. The van der Waals surface area contributed by atoms with Gasteiger partial charge in [-0.25, -0.2) is 4.79 Å². The zero-order valence-electron chi connectivity index (χ0n) is 31.9. The molecular formula is C39H54F3N5O9. The molecule has 0 atom stereocenters. The number of carbonyl (C=O) groups excluding carboxylic acids is 3. The van der Waals surface area contributed by atoms with Crippen molar-refractivity contribution in [1.29, 1.82) is 0 Å². The molecule has 1 fully saturated rings. The Balaban J connectivity index is 0.00000141. The largest absolute Gasteiger partial charge is 0.504 e. The number of alkyl halides is 3. The third-order valence-electron chi connectivity index (χ3n) is 8.08. The molecule has 1 saturated heterocycles. The van der Waals surface area contributed by atoms with Gasteiger partial charge in [-0.2, -0.15) is 13.2 Å². The van der Waals surface area contributed by atoms with Gasteiger partial charge in [-0.05, 0) is 120 Å². The molecule has 0 saturated carbocycles. The summed E-state index contributed by atoms with van der Waals surface area (Å²) in [7, 11) is 0. The summed E-state index contributed by atoms with van der Waals surface area (Å²) in [5, 5.41) is 37.0.